The Balaban J connectivity index is 2.13. The number of hydrogen-bond donors (Lipinski definition) is 1. The fourth-order valence-corrected chi connectivity index (χ4v) is 2.45. The Bertz CT molecular complexity index is 422. The van der Waals surface area contributed by atoms with E-state index in [9.17, 15) is 0 Å². The summed E-state index contributed by atoms with van der Waals surface area (Å²) in [5, 5.41) is 12.3. The van der Waals surface area contributed by atoms with Crippen molar-refractivity contribution in [3.05, 3.63) is 29.8 Å². The van der Waals surface area contributed by atoms with E-state index >= 15 is 0 Å². The quantitative estimate of drug-likeness (QED) is 0.844. The highest BCUT2D eigenvalue weighted by atomic mass is 15.2. The van der Waals surface area contributed by atoms with E-state index < -0.39 is 0 Å². The molecule has 0 saturated carbocycles. The molecule has 2 rings (SSSR count). The second-order valence-corrected chi connectivity index (χ2v) is 4.87. The minimum atomic E-state index is 0.282. The van der Waals surface area contributed by atoms with Crippen molar-refractivity contribution >= 4 is 5.69 Å². The van der Waals surface area contributed by atoms with Crippen molar-refractivity contribution in [3.63, 3.8) is 0 Å². The molecule has 1 aliphatic rings. The number of hydrogen-bond acceptors (Lipinski definition) is 3. The van der Waals surface area contributed by atoms with E-state index in [1.165, 1.54) is 11.3 Å². The topological polar surface area (TPSA) is 39.1 Å². The molecular weight excluding hydrogens is 210 g/mol. The zero-order valence-electron chi connectivity index (χ0n) is 10.5. The molecule has 0 radical (unpaired) electrons. The minimum absolute atomic E-state index is 0.282. The zero-order valence-corrected chi connectivity index (χ0v) is 10.5. The van der Waals surface area contributed by atoms with Gasteiger partial charge in [-0.15, -0.1) is 0 Å². The third-order valence-corrected chi connectivity index (χ3v) is 3.16. The highest BCUT2D eigenvalue weighted by Gasteiger charge is 2.23. The summed E-state index contributed by atoms with van der Waals surface area (Å²) in [4.78, 5) is 2.37. The molecule has 1 aromatic carbocycles. The number of anilines is 1. The molecule has 0 bridgehead atoms. The molecule has 0 aliphatic carbocycles. The van der Waals surface area contributed by atoms with E-state index in [4.69, 9.17) is 5.26 Å². The van der Waals surface area contributed by atoms with Crippen LogP contribution in [0.25, 0.3) is 0 Å². The molecule has 0 amide bonds. The first kappa shape index (κ1) is 11.9. The molecule has 1 aromatic rings. The van der Waals surface area contributed by atoms with Gasteiger partial charge in [-0.25, -0.2) is 0 Å². The van der Waals surface area contributed by atoms with Crippen molar-refractivity contribution in [3.8, 4) is 6.07 Å². The SMILES string of the molecule is Cc1cccc(N2CC(C)NC(CC#N)C2)c1. The average Bonchev–Trinajstić information content (AvgIpc) is 2.28. The number of rotatable bonds is 2. The molecule has 1 aliphatic heterocycles. The van der Waals surface area contributed by atoms with Gasteiger partial charge in [0.25, 0.3) is 0 Å². The third kappa shape index (κ3) is 2.98. The van der Waals surface area contributed by atoms with Gasteiger partial charge in [-0.2, -0.15) is 5.26 Å². The first-order valence-electron chi connectivity index (χ1n) is 6.13. The normalized spacial score (nSPS) is 24.4. The van der Waals surface area contributed by atoms with Gasteiger partial charge in [-0.05, 0) is 31.5 Å². The molecule has 1 saturated heterocycles. The standard InChI is InChI=1S/C14H19N3/c1-11-4-3-5-14(8-11)17-9-12(2)16-13(10-17)6-7-15/h3-5,8,12-13,16H,6,9-10H2,1-2H3. The first-order chi connectivity index (χ1) is 8.19. The highest BCUT2D eigenvalue weighted by molar-refractivity contribution is 5.49. The minimum Gasteiger partial charge on any atom is -0.368 e. The van der Waals surface area contributed by atoms with E-state index in [0.717, 1.165) is 13.1 Å². The molecule has 0 spiro atoms. The predicted octanol–water partition coefficient (Wildman–Crippen LogP) is 2.08. The van der Waals surface area contributed by atoms with Crippen LogP contribution in [-0.2, 0) is 0 Å². The number of nitriles is 1. The molecule has 17 heavy (non-hydrogen) atoms. The fourth-order valence-electron chi connectivity index (χ4n) is 2.45. The maximum Gasteiger partial charge on any atom is 0.0638 e. The summed E-state index contributed by atoms with van der Waals surface area (Å²) < 4.78 is 0. The van der Waals surface area contributed by atoms with Crippen molar-refractivity contribution in [2.45, 2.75) is 32.4 Å². The molecule has 90 valence electrons. The van der Waals surface area contributed by atoms with Crippen molar-refractivity contribution in [2.75, 3.05) is 18.0 Å². The van der Waals surface area contributed by atoms with Crippen LogP contribution in [0.2, 0.25) is 0 Å². The number of nitrogens with zero attached hydrogens (tertiary/aromatic N) is 2. The van der Waals surface area contributed by atoms with Crippen LogP contribution in [0.4, 0.5) is 5.69 Å². The van der Waals surface area contributed by atoms with E-state index in [0.29, 0.717) is 12.5 Å². The lowest BCUT2D eigenvalue weighted by Gasteiger charge is -2.38. The van der Waals surface area contributed by atoms with Gasteiger partial charge in [0.05, 0.1) is 12.5 Å². The molecule has 3 heteroatoms. The Morgan fingerprint density at radius 2 is 2.29 bits per heavy atom. The van der Waals surface area contributed by atoms with E-state index in [1.54, 1.807) is 0 Å². The fraction of sp³-hybridized carbons (Fsp3) is 0.500. The largest absolute Gasteiger partial charge is 0.368 e. The lowest BCUT2D eigenvalue weighted by atomic mass is 10.1. The lowest BCUT2D eigenvalue weighted by Crippen LogP contribution is -2.55. The molecule has 1 fully saturated rings. The molecule has 0 aromatic heterocycles. The molecule has 1 heterocycles. The third-order valence-electron chi connectivity index (χ3n) is 3.16. The number of benzene rings is 1. The predicted molar refractivity (Wildman–Crippen MR) is 70.0 cm³/mol. The summed E-state index contributed by atoms with van der Waals surface area (Å²) in [6.07, 6.45) is 0.576. The summed E-state index contributed by atoms with van der Waals surface area (Å²) >= 11 is 0. The Morgan fingerprint density at radius 1 is 1.47 bits per heavy atom. The Kier molecular flexibility index (Phi) is 3.65. The van der Waals surface area contributed by atoms with Gasteiger partial charge >= 0.3 is 0 Å². The van der Waals surface area contributed by atoms with Crippen LogP contribution < -0.4 is 10.2 Å². The van der Waals surface area contributed by atoms with Crippen LogP contribution in [0.5, 0.6) is 0 Å². The van der Waals surface area contributed by atoms with Crippen LogP contribution in [0.15, 0.2) is 24.3 Å². The number of aryl methyl sites for hydroxylation is 1. The summed E-state index contributed by atoms with van der Waals surface area (Å²) in [6, 6.07) is 11.5. The van der Waals surface area contributed by atoms with Crippen molar-refractivity contribution in [2.24, 2.45) is 0 Å². The van der Waals surface area contributed by atoms with Gasteiger partial charge in [-0.3, -0.25) is 0 Å². The van der Waals surface area contributed by atoms with E-state index in [2.05, 4.69) is 54.4 Å². The lowest BCUT2D eigenvalue weighted by molar-refractivity contribution is 0.391. The van der Waals surface area contributed by atoms with Crippen molar-refractivity contribution in [1.82, 2.24) is 5.32 Å². The summed E-state index contributed by atoms with van der Waals surface area (Å²) in [5.41, 5.74) is 2.55. The first-order valence-corrected chi connectivity index (χ1v) is 6.13. The molecule has 3 nitrogen and oxygen atoms in total. The van der Waals surface area contributed by atoms with Gasteiger partial charge in [-0.1, -0.05) is 12.1 Å². The zero-order chi connectivity index (χ0) is 12.3. The van der Waals surface area contributed by atoms with E-state index in [1.807, 2.05) is 0 Å². The van der Waals surface area contributed by atoms with Crippen LogP contribution in [0, 0.1) is 18.3 Å². The Morgan fingerprint density at radius 3 is 3.00 bits per heavy atom. The van der Waals surface area contributed by atoms with Crippen LogP contribution in [0.3, 0.4) is 0 Å². The van der Waals surface area contributed by atoms with Gasteiger partial charge in [0.2, 0.25) is 0 Å². The summed E-state index contributed by atoms with van der Waals surface area (Å²) in [6.45, 7) is 6.21. The van der Waals surface area contributed by atoms with Crippen molar-refractivity contribution in [1.29, 1.82) is 5.26 Å². The highest BCUT2D eigenvalue weighted by Crippen LogP contribution is 2.19. The van der Waals surface area contributed by atoms with Crippen LogP contribution >= 0.6 is 0 Å². The van der Waals surface area contributed by atoms with Gasteiger partial charge in [0, 0.05) is 30.9 Å². The summed E-state index contributed by atoms with van der Waals surface area (Å²) in [5.74, 6) is 0. The van der Waals surface area contributed by atoms with Crippen LogP contribution in [-0.4, -0.2) is 25.2 Å². The maximum atomic E-state index is 8.80. The summed E-state index contributed by atoms with van der Waals surface area (Å²) in [7, 11) is 0. The number of nitrogens with one attached hydrogen (secondary N) is 1. The van der Waals surface area contributed by atoms with Crippen molar-refractivity contribution < 1.29 is 0 Å². The van der Waals surface area contributed by atoms with Gasteiger partial charge in [0.15, 0.2) is 0 Å². The smallest absolute Gasteiger partial charge is 0.0638 e. The maximum absolute atomic E-state index is 8.80. The second-order valence-electron chi connectivity index (χ2n) is 4.87. The monoisotopic (exact) mass is 229 g/mol. The number of piperazine rings is 1. The average molecular weight is 229 g/mol. The van der Waals surface area contributed by atoms with E-state index in [-0.39, 0.29) is 6.04 Å². The Hall–Kier alpha value is -1.53. The molecule has 2 atom stereocenters. The molecule has 2 unspecified atom stereocenters. The van der Waals surface area contributed by atoms with Gasteiger partial charge in [0.1, 0.15) is 0 Å². The molecule has 1 N–H and O–H groups in total. The van der Waals surface area contributed by atoms with Crippen LogP contribution in [0.1, 0.15) is 18.9 Å². The second kappa shape index (κ2) is 5.20. The van der Waals surface area contributed by atoms with Gasteiger partial charge < -0.3 is 10.2 Å². The Labute approximate surface area is 103 Å². The molecular formula is C14H19N3.